The number of aromatic nitrogens is 1. The molecule has 122 valence electrons. The van der Waals surface area contributed by atoms with E-state index in [0.717, 1.165) is 63.3 Å². The molecule has 3 heterocycles. The van der Waals surface area contributed by atoms with Crippen LogP contribution < -0.4 is 5.32 Å². The summed E-state index contributed by atoms with van der Waals surface area (Å²) in [5, 5.41) is 7.17. The van der Waals surface area contributed by atoms with Gasteiger partial charge in [0.2, 0.25) is 0 Å². The molecular weight excluding hydrogens is 280 g/mol. The molecule has 22 heavy (non-hydrogen) atoms. The van der Waals surface area contributed by atoms with Gasteiger partial charge in [0.15, 0.2) is 5.76 Å². The highest BCUT2D eigenvalue weighted by Crippen LogP contribution is 2.32. The Morgan fingerprint density at radius 3 is 2.95 bits per heavy atom. The second-order valence-corrected chi connectivity index (χ2v) is 6.40. The van der Waals surface area contributed by atoms with Crippen molar-refractivity contribution >= 4 is 6.03 Å². The Balaban J connectivity index is 1.61. The third-order valence-electron chi connectivity index (χ3n) is 4.77. The molecule has 0 unspecified atom stereocenters. The van der Waals surface area contributed by atoms with Gasteiger partial charge in [0.25, 0.3) is 0 Å². The monoisotopic (exact) mass is 306 g/mol. The van der Waals surface area contributed by atoms with Crippen molar-refractivity contribution < 1.29 is 9.32 Å². The second-order valence-electron chi connectivity index (χ2n) is 6.40. The van der Waals surface area contributed by atoms with Crippen LogP contribution in [0.3, 0.4) is 0 Å². The number of rotatable bonds is 3. The minimum absolute atomic E-state index is 0.0343. The molecule has 6 heteroatoms. The molecular formula is C16H26N4O2. The molecule has 6 nitrogen and oxygen atoms in total. The maximum absolute atomic E-state index is 12.6. The Hall–Kier alpha value is -1.56. The first-order chi connectivity index (χ1) is 10.7. The number of likely N-dealkylation sites (N-methyl/N-ethyl adjacent to an activating group) is 1. The fraction of sp³-hybridized carbons (Fsp3) is 0.750. The van der Waals surface area contributed by atoms with Crippen LogP contribution in [-0.2, 0) is 0 Å². The normalized spacial score (nSPS) is 26.4. The summed E-state index contributed by atoms with van der Waals surface area (Å²) >= 11 is 0. The lowest BCUT2D eigenvalue weighted by atomic mass is 10.1. The van der Waals surface area contributed by atoms with Crippen LogP contribution in [0.2, 0.25) is 0 Å². The highest BCUT2D eigenvalue weighted by Gasteiger charge is 2.34. The standard InChI is InChI=1S/C16H26N4O2/c1-3-19-8-4-6-13(11-19)17-16(21)20-9-5-7-14(20)15-10-12(2)18-22-15/h10,13-14H,3-9,11H2,1-2H3,(H,17,21)/t13-,14-/m1/s1. The van der Waals surface area contributed by atoms with Crippen LogP contribution in [0.25, 0.3) is 0 Å². The molecule has 2 fully saturated rings. The van der Waals surface area contributed by atoms with Crippen molar-refractivity contribution in [2.45, 2.75) is 51.6 Å². The van der Waals surface area contributed by atoms with Crippen molar-refractivity contribution in [3.8, 4) is 0 Å². The van der Waals surface area contributed by atoms with Gasteiger partial charge in [-0.15, -0.1) is 0 Å². The number of nitrogens with zero attached hydrogens (tertiary/aromatic N) is 3. The number of aryl methyl sites for hydroxylation is 1. The van der Waals surface area contributed by atoms with Gasteiger partial charge in [-0.2, -0.15) is 0 Å². The maximum Gasteiger partial charge on any atom is 0.318 e. The average Bonchev–Trinajstić information content (AvgIpc) is 3.15. The summed E-state index contributed by atoms with van der Waals surface area (Å²) < 4.78 is 5.37. The van der Waals surface area contributed by atoms with Crippen molar-refractivity contribution in [1.29, 1.82) is 0 Å². The maximum atomic E-state index is 12.6. The molecule has 1 aromatic heterocycles. The summed E-state index contributed by atoms with van der Waals surface area (Å²) in [6.45, 7) is 8.03. The lowest BCUT2D eigenvalue weighted by Crippen LogP contribution is -2.51. The Morgan fingerprint density at radius 2 is 2.23 bits per heavy atom. The number of amides is 2. The number of urea groups is 1. The fourth-order valence-electron chi connectivity index (χ4n) is 3.56. The van der Waals surface area contributed by atoms with Crippen molar-refractivity contribution in [2.75, 3.05) is 26.2 Å². The van der Waals surface area contributed by atoms with Gasteiger partial charge in [-0.05, 0) is 45.7 Å². The van der Waals surface area contributed by atoms with E-state index < -0.39 is 0 Å². The molecule has 2 aliphatic heterocycles. The van der Waals surface area contributed by atoms with Crippen LogP contribution in [0.15, 0.2) is 10.6 Å². The van der Waals surface area contributed by atoms with Crippen molar-refractivity contribution in [2.24, 2.45) is 0 Å². The lowest BCUT2D eigenvalue weighted by molar-refractivity contribution is 0.161. The molecule has 1 aromatic rings. The minimum atomic E-state index is 0.0343. The van der Waals surface area contributed by atoms with Gasteiger partial charge >= 0.3 is 6.03 Å². The van der Waals surface area contributed by atoms with E-state index in [0.29, 0.717) is 0 Å². The van der Waals surface area contributed by atoms with Gasteiger partial charge in [-0.3, -0.25) is 0 Å². The summed E-state index contributed by atoms with van der Waals surface area (Å²) in [4.78, 5) is 16.9. The topological polar surface area (TPSA) is 61.6 Å². The SMILES string of the molecule is CCN1CCC[C@@H](NC(=O)N2CCC[C@@H]2c2cc(C)no2)C1. The van der Waals surface area contributed by atoms with Crippen LogP contribution in [0.1, 0.15) is 50.1 Å². The highest BCUT2D eigenvalue weighted by atomic mass is 16.5. The van der Waals surface area contributed by atoms with E-state index in [9.17, 15) is 4.79 Å². The first-order valence-corrected chi connectivity index (χ1v) is 8.40. The molecule has 0 aliphatic carbocycles. The number of hydrogen-bond acceptors (Lipinski definition) is 4. The van der Waals surface area contributed by atoms with E-state index in [-0.39, 0.29) is 18.1 Å². The Kier molecular flexibility index (Phi) is 4.66. The molecule has 0 saturated carbocycles. The Morgan fingerprint density at radius 1 is 1.41 bits per heavy atom. The summed E-state index contributed by atoms with van der Waals surface area (Å²) in [6.07, 6.45) is 4.20. The number of carbonyl (C=O) groups is 1. The quantitative estimate of drug-likeness (QED) is 0.931. The second kappa shape index (κ2) is 6.69. The zero-order valence-corrected chi connectivity index (χ0v) is 13.5. The van der Waals surface area contributed by atoms with E-state index in [4.69, 9.17) is 4.52 Å². The van der Waals surface area contributed by atoms with Crippen molar-refractivity contribution in [3.05, 3.63) is 17.5 Å². The summed E-state index contributed by atoms with van der Waals surface area (Å²) in [7, 11) is 0. The molecule has 2 amide bonds. The van der Waals surface area contributed by atoms with E-state index in [2.05, 4.69) is 22.3 Å². The van der Waals surface area contributed by atoms with Gasteiger partial charge in [0.05, 0.1) is 11.7 Å². The van der Waals surface area contributed by atoms with Crippen LogP contribution in [0.4, 0.5) is 4.79 Å². The van der Waals surface area contributed by atoms with Crippen LogP contribution in [-0.4, -0.2) is 53.2 Å². The molecule has 0 bridgehead atoms. The van der Waals surface area contributed by atoms with Gasteiger partial charge in [0.1, 0.15) is 0 Å². The Bertz CT molecular complexity index is 516. The zero-order valence-electron chi connectivity index (χ0n) is 13.5. The van der Waals surface area contributed by atoms with E-state index in [1.165, 1.54) is 0 Å². The minimum Gasteiger partial charge on any atom is -0.359 e. The fourth-order valence-corrected chi connectivity index (χ4v) is 3.56. The third kappa shape index (κ3) is 3.27. The smallest absolute Gasteiger partial charge is 0.318 e. The van der Waals surface area contributed by atoms with Crippen molar-refractivity contribution in [3.63, 3.8) is 0 Å². The van der Waals surface area contributed by atoms with Crippen LogP contribution in [0, 0.1) is 6.92 Å². The van der Waals surface area contributed by atoms with E-state index in [1.54, 1.807) is 0 Å². The first kappa shape index (κ1) is 15.3. The van der Waals surface area contributed by atoms with Crippen molar-refractivity contribution in [1.82, 2.24) is 20.3 Å². The third-order valence-corrected chi connectivity index (χ3v) is 4.77. The summed E-state index contributed by atoms with van der Waals surface area (Å²) in [6, 6.07) is 2.28. The van der Waals surface area contributed by atoms with Crippen LogP contribution >= 0.6 is 0 Å². The largest absolute Gasteiger partial charge is 0.359 e. The predicted molar refractivity (Wildman–Crippen MR) is 83.6 cm³/mol. The average molecular weight is 306 g/mol. The van der Waals surface area contributed by atoms with E-state index >= 15 is 0 Å². The highest BCUT2D eigenvalue weighted by molar-refractivity contribution is 5.75. The Labute approximate surface area is 131 Å². The van der Waals surface area contributed by atoms with Gasteiger partial charge in [-0.25, -0.2) is 4.79 Å². The molecule has 1 N–H and O–H groups in total. The molecule has 0 radical (unpaired) electrons. The molecule has 2 aliphatic rings. The molecule has 2 saturated heterocycles. The number of hydrogen-bond donors (Lipinski definition) is 1. The number of likely N-dealkylation sites (tertiary alicyclic amines) is 2. The summed E-state index contributed by atoms with van der Waals surface area (Å²) in [5.41, 5.74) is 0.869. The van der Waals surface area contributed by atoms with Crippen LogP contribution in [0.5, 0.6) is 0 Å². The number of nitrogens with one attached hydrogen (secondary N) is 1. The number of piperidine rings is 1. The van der Waals surface area contributed by atoms with Gasteiger partial charge < -0.3 is 19.6 Å². The van der Waals surface area contributed by atoms with Gasteiger partial charge in [-0.1, -0.05) is 12.1 Å². The molecule has 3 rings (SSSR count). The molecule has 2 atom stereocenters. The molecule has 0 aromatic carbocycles. The first-order valence-electron chi connectivity index (χ1n) is 8.40. The van der Waals surface area contributed by atoms with E-state index in [1.807, 2.05) is 17.9 Å². The lowest BCUT2D eigenvalue weighted by Gasteiger charge is -2.34. The molecule has 0 spiro atoms. The number of carbonyl (C=O) groups excluding carboxylic acids is 1. The predicted octanol–water partition coefficient (Wildman–Crippen LogP) is 2.31. The zero-order chi connectivity index (χ0) is 15.5. The summed E-state index contributed by atoms with van der Waals surface area (Å²) in [5.74, 6) is 0.809. The van der Waals surface area contributed by atoms with Gasteiger partial charge in [0, 0.05) is 25.2 Å².